The number of carbonyl (C=O) groups is 1. The van der Waals surface area contributed by atoms with Crippen LogP contribution in [0.25, 0.3) is 17.1 Å². The number of nitrogens with one attached hydrogen (secondary N) is 1. The van der Waals surface area contributed by atoms with Crippen molar-refractivity contribution in [3.63, 3.8) is 0 Å². The molecule has 0 aliphatic rings. The summed E-state index contributed by atoms with van der Waals surface area (Å²) in [7, 11) is -3.66. The molecule has 0 fully saturated rings. The number of sulfonamides is 1. The van der Waals surface area contributed by atoms with Crippen molar-refractivity contribution in [2.45, 2.75) is 4.90 Å². The highest BCUT2D eigenvalue weighted by atomic mass is 32.2. The molecular formula is C21H16FN5O6S. The van der Waals surface area contributed by atoms with Crippen LogP contribution in [0.2, 0.25) is 0 Å². The van der Waals surface area contributed by atoms with Crippen LogP contribution in [0.15, 0.2) is 70.6 Å². The number of nitrogens with zero attached hydrogens (tertiary/aromatic N) is 4. The molecule has 3 N–H and O–H groups in total. The number of benzene rings is 2. The molecule has 0 unspecified atom stereocenters. The Morgan fingerprint density at radius 1 is 1.12 bits per heavy atom. The third-order valence-corrected chi connectivity index (χ3v) is 6.69. The average molecular weight is 485 g/mol. The molecule has 34 heavy (non-hydrogen) atoms. The van der Waals surface area contributed by atoms with Crippen LogP contribution in [0.1, 0.15) is 10.4 Å². The Hall–Kier alpha value is -4.52. The number of hydrogen-bond acceptors (Lipinski definition) is 8. The summed E-state index contributed by atoms with van der Waals surface area (Å²) in [6.07, 6.45) is 2.58. The number of carbonyl (C=O) groups excluding carboxylic acids is 1. The third-order valence-electron chi connectivity index (χ3n) is 4.92. The topological polar surface area (TPSA) is 158 Å². The number of aromatic hydroxyl groups is 2. The van der Waals surface area contributed by atoms with Crippen LogP contribution < -0.4 is 5.69 Å². The van der Waals surface area contributed by atoms with Crippen molar-refractivity contribution in [1.29, 1.82) is 0 Å². The minimum absolute atomic E-state index is 0.0206. The van der Waals surface area contributed by atoms with Gasteiger partial charge in [-0.1, -0.05) is 12.1 Å². The van der Waals surface area contributed by atoms with E-state index >= 15 is 0 Å². The predicted molar refractivity (Wildman–Crippen MR) is 116 cm³/mol. The second-order valence-corrected chi connectivity index (χ2v) is 8.93. The molecule has 0 aliphatic carbocycles. The van der Waals surface area contributed by atoms with Crippen LogP contribution in [0.5, 0.6) is 11.5 Å². The number of aromatic nitrogens is 4. The van der Waals surface area contributed by atoms with E-state index in [0.717, 1.165) is 29.8 Å². The molecule has 0 saturated carbocycles. The van der Waals surface area contributed by atoms with Crippen LogP contribution in [-0.2, 0) is 10.0 Å². The average Bonchev–Trinajstić information content (AvgIpc) is 3.19. The zero-order valence-electron chi connectivity index (χ0n) is 17.4. The lowest BCUT2D eigenvalue weighted by molar-refractivity contribution is 0.0882. The summed E-state index contributed by atoms with van der Waals surface area (Å²) >= 11 is 0. The number of para-hydroxylation sites is 1. The molecule has 0 spiro atoms. The van der Waals surface area contributed by atoms with E-state index in [1.807, 2.05) is 0 Å². The molecule has 4 rings (SSSR count). The Morgan fingerprint density at radius 2 is 1.85 bits per heavy atom. The first-order valence-electron chi connectivity index (χ1n) is 9.55. The van der Waals surface area contributed by atoms with E-state index in [1.165, 1.54) is 42.7 Å². The van der Waals surface area contributed by atoms with Crippen LogP contribution in [0.3, 0.4) is 0 Å². The Morgan fingerprint density at radius 3 is 2.53 bits per heavy atom. The number of pyridine rings is 1. The molecule has 2 aromatic carbocycles. The summed E-state index contributed by atoms with van der Waals surface area (Å²) in [6.45, 7) is 0. The standard InChI is InChI=1S/C21H16FN5O6S/c1-26(20(30)12-5-4-8-23-11-12)34(32,33)18-9-13(16(28)10-17(18)29)19-24-25-21(31)27(19)15-7-3-2-6-14(15)22/h2-11,28-29H,1H3,(H,25,31). The van der Waals surface area contributed by atoms with Crippen molar-refractivity contribution in [1.82, 2.24) is 24.1 Å². The second-order valence-electron chi connectivity index (χ2n) is 7.00. The van der Waals surface area contributed by atoms with Crippen LogP contribution in [-0.4, -0.2) is 55.6 Å². The van der Waals surface area contributed by atoms with Crippen LogP contribution >= 0.6 is 0 Å². The molecule has 2 heterocycles. The first-order valence-corrected chi connectivity index (χ1v) is 11.0. The van der Waals surface area contributed by atoms with Crippen molar-refractivity contribution in [2.24, 2.45) is 0 Å². The summed E-state index contributed by atoms with van der Waals surface area (Å²) in [6, 6.07) is 9.61. The van der Waals surface area contributed by atoms with Gasteiger partial charge in [0.05, 0.1) is 16.8 Å². The molecule has 0 atom stereocenters. The second kappa shape index (κ2) is 8.44. The number of H-pyrrole nitrogens is 1. The maximum absolute atomic E-state index is 14.4. The van der Waals surface area contributed by atoms with Gasteiger partial charge in [-0.3, -0.25) is 9.78 Å². The zero-order chi connectivity index (χ0) is 24.6. The fourth-order valence-electron chi connectivity index (χ4n) is 3.21. The molecule has 174 valence electrons. The molecule has 0 saturated heterocycles. The van der Waals surface area contributed by atoms with Gasteiger partial charge in [0.25, 0.3) is 15.9 Å². The first kappa shape index (κ1) is 22.7. The van der Waals surface area contributed by atoms with Crippen LogP contribution in [0, 0.1) is 5.82 Å². The Bertz CT molecular complexity index is 1570. The van der Waals surface area contributed by atoms with Crippen molar-refractivity contribution in [2.75, 3.05) is 7.05 Å². The van der Waals surface area contributed by atoms with E-state index in [4.69, 9.17) is 0 Å². The lowest BCUT2D eigenvalue weighted by atomic mass is 10.1. The van der Waals surface area contributed by atoms with Gasteiger partial charge in [0.2, 0.25) is 0 Å². The van der Waals surface area contributed by atoms with Crippen molar-refractivity contribution in [3.8, 4) is 28.6 Å². The summed E-state index contributed by atoms with van der Waals surface area (Å²) in [5.41, 5.74) is -1.41. The molecule has 11 nitrogen and oxygen atoms in total. The van der Waals surface area contributed by atoms with Gasteiger partial charge < -0.3 is 10.2 Å². The Labute approximate surface area is 191 Å². The summed E-state index contributed by atoms with van der Waals surface area (Å²) in [5, 5.41) is 26.6. The SMILES string of the molecule is CN(C(=O)c1cccnc1)S(=O)(=O)c1cc(-c2n[nH]c(=O)n2-c2ccccc2F)c(O)cc1O. The van der Waals surface area contributed by atoms with Gasteiger partial charge in [0.1, 0.15) is 22.2 Å². The molecule has 0 radical (unpaired) electrons. The quantitative estimate of drug-likeness (QED) is 0.385. The fourth-order valence-corrected chi connectivity index (χ4v) is 4.41. The highest BCUT2D eigenvalue weighted by Gasteiger charge is 2.31. The first-order chi connectivity index (χ1) is 16.1. The highest BCUT2D eigenvalue weighted by molar-refractivity contribution is 7.89. The number of amides is 1. The predicted octanol–water partition coefficient (Wildman–Crippen LogP) is 1.63. The maximum atomic E-state index is 14.4. The summed E-state index contributed by atoms with van der Waals surface area (Å²) in [4.78, 5) is 28.0. The molecule has 2 aromatic heterocycles. The van der Waals surface area contributed by atoms with Gasteiger partial charge >= 0.3 is 5.69 Å². The molecular weight excluding hydrogens is 469 g/mol. The number of halogens is 1. The number of phenolic OH excluding ortho intramolecular Hbond substituents is 2. The smallest absolute Gasteiger partial charge is 0.348 e. The zero-order valence-corrected chi connectivity index (χ0v) is 18.2. The van der Waals surface area contributed by atoms with Crippen LogP contribution in [0.4, 0.5) is 4.39 Å². The number of rotatable bonds is 5. The van der Waals surface area contributed by atoms with Gasteiger partial charge in [-0.25, -0.2) is 31.6 Å². The van der Waals surface area contributed by atoms with Gasteiger partial charge in [-0.15, -0.1) is 0 Å². The molecule has 4 aromatic rings. The monoisotopic (exact) mass is 485 g/mol. The van der Waals surface area contributed by atoms with E-state index < -0.39 is 43.8 Å². The molecule has 0 bridgehead atoms. The molecule has 0 aliphatic heterocycles. The normalized spacial score (nSPS) is 11.4. The van der Waals surface area contributed by atoms with Gasteiger partial charge in [0, 0.05) is 25.5 Å². The lowest BCUT2D eigenvalue weighted by Crippen LogP contribution is -2.33. The van der Waals surface area contributed by atoms with E-state index in [-0.39, 0.29) is 22.6 Å². The minimum Gasteiger partial charge on any atom is -0.507 e. The fraction of sp³-hybridized carbons (Fsp3) is 0.0476. The van der Waals surface area contributed by atoms with Gasteiger partial charge in [-0.05, 0) is 30.3 Å². The molecule has 1 amide bonds. The molecule has 13 heteroatoms. The van der Waals surface area contributed by atoms with E-state index in [0.29, 0.717) is 4.31 Å². The lowest BCUT2D eigenvalue weighted by Gasteiger charge is -2.19. The minimum atomic E-state index is -4.65. The highest BCUT2D eigenvalue weighted by Crippen LogP contribution is 2.37. The van der Waals surface area contributed by atoms with Gasteiger partial charge in [-0.2, -0.15) is 5.10 Å². The number of hydrogen-bond donors (Lipinski definition) is 3. The van der Waals surface area contributed by atoms with E-state index in [9.17, 15) is 32.6 Å². The Kier molecular flexibility index (Phi) is 5.63. The third kappa shape index (κ3) is 3.77. The van der Waals surface area contributed by atoms with E-state index in [1.54, 1.807) is 0 Å². The number of phenols is 2. The summed E-state index contributed by atoms with van der Waals surface area (Å²) < 4.78 is 41.9. The number of aromatic amines is 1. The van der Waals surface area contributed by atoms with E-state index in [2.05, 4.69) is 15.2 Å². The largest absolute Gasteiger partial charge is 0.507 e. The van der Waals surface area contributed by atoms with Crippen molar-refractivity contribution in [3.05, 3.63) is 82.8 Å². The van der Waals surface area contributed by atoms with Crippen molar-refractivity contribution < 1.29 is 27.8 Å². The maximum Gasteiger partial charge on any atom is 0.348 e. The van der Waals surface area contributed by atoms with Gasteiger partial charge in [0.15, 0.2) is 5.82 Å². The Balaban J connectivity index is 1.86. The summed E-state index contributed by atoms with van der Waals surface area (Å²) in [5.74, 6) is -3.53. The van der Waals surface area contributed by atoms with Crippen molar-refractivity contribution >= 4 is 15.9 Å².